The Morgan fingerprint density at radius 3 is 2.42 bits per heavy atom. The summed E-state index contributed by atoms with van der Waals surface area (Å²) >= 11 is 6.15. The Bertz CT molecular complexity index is 1160. The summed E-state index contributed by atoms with van der Waals surface area (Å²) in [5, 5.41) is 15.8. The number of hydrogen-bond donors (Lipinski definition) is 2. The number of imide groups is 2. The number of para-hydroxylation sites is 1. The largest absolute Gasteiger partial charge is 1.00 e. The molecule has 2 fully saturated rings. The number of nitro benzene ring substituents is 1. The number of nitro groups is 1. The van der Waals surface area contributed by atoms with Crippen LogP contribution in [-0.4, -0.2) is 48.9 Å². The number of carbonyl (C=O) groups excluding carboxylic acids is 3. The molecule has 0 aliphatic carbocycles. The maximum atomic E-state index is 13.2. The minimum absolute atomic E-state index is 0. The van der Waals surface area contributed by atoms with E-state index in [4.69, 9.17) is 11.6 Å². The minimum Gasteiger partial charge on any atom is -1.00 e. The van der Waals surface area contributed by atoms with Crippen LogP contribution < -0.4 is 32.8 Å². The zero-order chi connectivity index (χ0) is 22.8. The van der Waals surface area contributed by atoms with E-state index in [0.29, 0.717) is 24.3 Å². The third-order valence-corrected chi connectivity index (χ3v) is 5.58. The van der Waals surface area contributed by atoms with Crippen molar-refractivity contribution in [2.45, 2.75) is 0 Å². The Balaban J connectivity index is 0.00000306. The molecule has 2 aromatic rings. The van der Waals surface area contributed by atoms with Crippen molar-refractivity contribution in [1.82, 2.24) is 5.32 Å². The summed E-state index contributed by atoms with van der Waals surface area (Å²) in [4.78, 5) is 51.7. The second-order valence-corrected chi connectivity index (χ2v) is 7.67. The molecule has 0 spiro atoms. The average Bonchev–Trinajstić information content (AvgIpc) is 2.78. The van der Waals surface area contributed by atoms with E-state index in [1.807, 2.05) is 4.90 Å². The van der Waals surface area contributed by atoms with E-state index in [2.05, 4.69) is 10.6 Å². The molecule has 0 bridgehead atoms. The highest BCUT2D eigenvalue weighted by Gasteiger charge is 2.38. The Kier molecular flexibility index (Phi) is 7.32. The van der Waals surface area contributed by atoms with E-state index in [1.54, 1.807) is 18.2 Å². The number of halogens is 2. The summed E-state index contributed by atoms with van der Waals surface area (Å²) < 4.78 is 0. The van der Waals surface area contributed by atoms with Crippen molar-refractivity contribution in [1.29, 1.82) is 0 Å². The van der Waals surface area contributed by atoms with Crippen LogP contribution in [0, 0.1) is 10.1 Å². The number of urea groups is 1. The smallest absolute Gasteiger partial charge is 0.335 e. The molecule has 2 aliphatic heterocycles. The molecule has 0 saturated carbocycles. The second-order valence-electron chi connectivity index (χ2n) is 7.26. The van der Waals surface area contributed by atoms with Gasteiger partial charge in [-0.05, 0) is 24.3 Å². The number of nitrogens with zero attached hydrogens (tertiary/aromatic N) is 3. The topological polar surface area (TPSA) is 129 Å². The van der Waals surface area contributed by atoms with Gasteiger partial charge in [0.1, 0.15) is 5.57 Å². The van der Waals surface area contributed by atoms with Gasteiger partial charge in [-0.1, -0.05) is 23.7 Å². The fourth-order valence-corrected chi connectivity index (χ4v) is 3.94. The number of anilines is 2. The lowest BCUT2D eigenvalue weighted by Crippen LogP contribution is -3.00. The monoisotopic (exact) mass is 491 g/mol. The van der Waals surface area contributed by atoms with Gasteiger partial charge in [0.25, 0.3) is 17.5 Å². The Morgan fingerprint density at radius 1 is 1.06 bits per heavy atom. The number of carbonyl (C=O) groups is 3. The van der Waals surface area contributed by atoms with Gasteiger partial charge in [0.05, 0.1) is 41.8 Å². The molecule has 3 N–H and O–H groups in total. The third-order valence-electron chi connectivity index (χ3n) is 5.26. The predicted octanol–water partition coefficient (Wildman–Crippen LogP) is -1.70. The van der Waals surface area contributed by atoms with Gasteiger partial charge in [-0.15, -0.1) is 0 Å². The number of amides is 4. The summed E-state index contributed by atoms with van der Waals surface area (Å²) in [6.45, 7) is 3.11. The zero-order valence-electron chi connectivity index (χ0n) is 17.2. The van der Waals surface area contributed by atoms with Crippen molar-refractivity contribution in [2.75, 3.05) is 36.0 Å². The highest BCUT2D eigenvalue weighted by atomic mass is 35.5. The summed E-state index contributed by atoms with van der Waals surface area (Å²) in [5.41, 5.74) is 0.633. The van der Waals surface area contributed by atoms with E-state index in [9.17, 15) is 24.5 Å². The van der Waals surface area contributed by atoms with Gasteiger partial charge in [-0.2, -0.15) is 0 Å². The fraction of sp³-hybridized carbons (Fsp3) is 0.190. The Labute approximate surface area is 199 Å². The number of nitrogens with two attached hydrogens (primary N) is 1. The van der Waals surface area contributed by atoms with Crippen molar-refractivity contribution >= 4 is 52.6 Å². The van der Waals surface area contributed by atoms with Gasteiger partial charge in [-0.25, -0.2) is 9.69 Å². The van der Waals surface area contributed by atoms with Crippen LogP contribution in [0.3, 0.4) is 0 Å². The maximum Gasteiger partial charge on any atom is 0.335 e. The summed E-state index contributed by atoms with van der Waals surface area (Å²) in [7, 11) is 0. The highest BCUT2D eigenvalue weighted by Crippen LogP contribution is 2.31. The molecule has 172 valence electrons. The minimum atomic E-state index is -0.920. The first kappa shape index (κ1) is 24.2. The lowest BCUT2D eigenvalue weighted by Gasteiger charge is -2.29. The lowest BCUT2D eigenvalue weighted by atomic mass is 10.0. The number of piperazine rings is 1. The number of hydrogen-bond acceptors (Lipinski definition) is 6. The molecule has 10 nitrogen and oxygen atoms in total. The number of barbiturate groups is 1. The maximum absolute atomic E-state index is 13.2. The molecule has 4 rings (SSSR count). The van der Waals surface area contributed by atoms with Crippen LogP contribution >= 0.6 is 11.6 Å². The van der Waals surface area contributed by atoms with Crippen molar-refractivity contribution in [3.63, 3.8) is 0 Å². The average molecular weight is 492 g/mol. The first-order valence-electron chi connectivity index (χ1n) is 9.88. The Hall–Kier alpha value is -3.47. The van der Waals surface area contributed by atoms with Crippen LogP contribution in [0.15, 0.2) is 48.0 Å². The summed E-state index contributed by atoms with van der Waals surface area (Å²) in [6.07, 6.45) is 1.29. The van der Waals surface area contributed by atoms with E-state index in [0.717, 1.165) is 18.0 Å². The van der Waals surface area contributed by atoms with E-state index in [1.165, 1.54) is 30.3 Å². The number of nitrogens with one attached hydrogen (secondary N) is 1. The normalized spacial score (nSPS) is 17.6. The van der Waals surface area contributed by atoms with Crippen LogP contribution in [0.1, 0.15) is 5.56 Å². The number of quaternary nitrogens is 1. The molecule has 0 unspecified atom stereocenters. The molecule has 0 aromatic heterocycles. The van der Waals surface area contributed by atoms with Crippen LogP contribution in [0.2, 0.25) is 5.02 Å². The van der Waals surface area contributed by atoms with Gasteiger partial charge in [0.15, 0.2) is 0 Å². The van der Waals surface area contributed by atoms with Crippen molar-refractivity contribution in [3.05, 3.63) is 68.7 Å². The zero-order valence-corrected chi connectivity index (χ0v) is 18.7. The van der Waals surface area contributed by atoms with Crippen LogP contribution in [0.5, 0.6) is 0 Å². The van der Waals surface area contributed by atoms with E-state index in [-0.39, 0.29) is 34.4 Å². The molecule has 12 heteroatoms. The SMILES string of the molecule is O=C1NC(=O)N(c2ccccc2Cl)C(=O)/C1=C\c1cc([N+](=O)[O-])ccc1N1CC[NH2+]CC1.[Cl-]. The van der Waals surface area contributed by atoms with Crippen LogP contribution in [-0.2, 0) is 9.59 Å². The summed E-state index contributed by atoms with van der Waals surface area (Å²) in [6, 6.07) is 9.64. The Morgan fingerprint density at radius 2 is 1.76 bits per heavy atom. The molecule has 2 aromatic carbocycles. The van der Waals surface area contributed by atoms with Crippen molar-refractivity contribution in [3.8, 4) is 0 Å². The lowest BCUT2D eigenvalue weighted by molar-refractivity contribution is -0.655. The summed E-state index contributed by atoms with van der Waals surface area (Å²) in [5.74, 6) is -1.75. The molecule has 0 radical (unpaired) electrons. The fourth-order valence-electron chi connectivity index (χ4n) is 3.72. The van der Waals surface area contributed by atoms with Crippen molar-refractivity contribution in [2.24, 2.45) is 0 Å². The highest BCUT2D eigenvalue weighted by molar-refractivity contribution is 6.42. The van der Waals surface area contributed by atoms with Crippen molar-refractivity contribution < 1.29 is 37.0 Å². The van der Waals surface area contributed by atoms with Gasteiger partial charge in [0.2, 0.25) is 0 Å². The first-order valence-corrected chi connectivity index (χ1v) is 10.3. The first-order chi connectivity index (χ1) is 15.4. The van der Waals surface area contributed by atoms with Gasteiger partial charge < -0.3 is 22.6 Å². The molecule has 0 atom stereocenters. The quantitative estimate of drug-likeness (QED) is 0.227. The van der Waals surface area contributed by atoms with Crippen LogP contribution in [0.4, 0.5) is 21.9 Å². The van der Waals surface area contributed by atoms with Crippen LogP contribution in [0.25, 0.3) is 6.08 Å². The van der Waals surface area contributed by atoms with E-state index < -0.39 is 22.8 Å². The van der Waals surface area contributed by atoms with Gasteiger partial charge >= 0.3 is 6.03 Å². The number of non-ortho nitro benzene ring substituents is 1. The standard InChI is InChI=1S/C21H18ClN5O5.ClH/c22-16-3-1-2-4-18(16)26-20(29)15(19(28)24-21(26)30)12-13-11-14(27(31)32)5-6-17(13)25-9-7-23-8-10-25;/h1-6,11-12,23H,7-10H2,(H,24,28,30);1H/b15-12-;. The van der Waals surface area contributed by atoms with E-state index >= 15 is 0 Å². The third kappa shape index (κ3) is 4.82. The predicted molar refractivity (Wildman–Crippen MR) is 117 cm³/mol. The molecule has 2 saturated heterocycles. The number of benzene rings is 2. The molecule has 4 amide bonds. The van der Waals surface area contributed by atoms with Gasteiger partial charge in [0, 0.05) is 23.4 Å². The number of rotatable bonds is 4. The molecule has 33 heavy (non-hydrogen) atoms. The second kappa shape index (κ2) is 9.99. The molecule has 2 heterocycles. The molecular weight excluding hydrogens is 473 g/mol. The molecule has 2 aliphatic rings. The molecular formula is C21H19Cl2N5O5. The van der Waals surface area contributed by atoms with Gasteiger partial charge in [-0.3, -0.25) is 25.0 Å².